The average Bonchev–Trinajstić information content (AvgIpc) is 2.96. The van der Waals surface area contributed by atoms with Crippen molar-refractivity contribution in [3.05, 3.63) is 34.6 Å². The lowest BCUT2D eigenvalue weighted by atomic mass is 9.98. The topological polar surface area (TPSA) is 68.2 Å². The minimum Gasteiger partial charge on any atom is -0.338 e. The highest BCUT2D eigenvalue weighted by atomic mass is 79.9. The number of rotatable bonds is 4. The zero-order valence-electron chi connectivity index (χ0n) is 11.8. The molecule has 1 fully saturated rings. The monoisotopic (exact) mass is 350 g/mol. The van der Waals surface area contributed by atoms with Crippen LogP contribution in [0.2, 0.25) is 0 Å². The van der Waals surface area contributed by atoms with Crippen molar-refractivity contribution in [2.75, 3.05) is 19.6 Å². The third-order valence-corrected chi connectivity index (χ3v) is 4.34. The molecular weight excluding hydrogens is 332 g/mol. The van der Waals surface area contributed by atoms with Crippen LogP contribution in [-0.4, -0.2) is 34.7 Å². The molecular formula is C15H19BrN4O. The molecule has 2 N–H and O–H groups in total. The van der Waals surface area contributed by atoms with Gasteiger partial charge in [0.1, 0.15) is 0 Å². The molecule has 1 saturated heterocycles. The molecule has 1 aromatic carbocycles. The van der Waals surface area contributed by atoms with E-state index in [-0.39, 0.29) is 0 Å². The van der Waals surface area contributed by atoms with E-state index >= 15 is 0 Å². The summed E-state index contributed by atoms with van der Waals surface area (Å²) in [7, 11) is 0. The van der Waals surface area contributed by atoms with Crippen molar-refractivity contribution in [3.63, 3.8) is 0 Å². The van der Waals surface area contributed by atoms with Gasteiger partial charge in [-0.2, -0.15) is 4.98 Å². The van der Waals surface area contributed by atoms with Gasteiger partial charge in [0.25, 0.3) is 0 Å². The van der Waals surface area contributed by atoms with Gasteiger partial charge in [-0.3, -0.25) is 4.90 Å². The highest BCUT2D eigenvalue weighted by Crippen LogP contribution is 2.22. The summed E-state index contributed by atoms with van der Waals surface area (Å²) in [5, 5.41) is 4.07. The highest BCUT2D eigenvalue weighted by Gasteiger charge is 2.20. The molecule has 0 aliphatic carbocycles. The van der Waals surface area contributed by atoms with Gasteiger partial charge in [-0.1, -0.05) is 33.2 Å². The summed E-state index contributed by atoms with van der Waals surface area (Å²) in [5.41, 5.74) is 6.73. The third-order valence-electron chi connectivity index (χ3n) is 3.85. The lowest BCUT2D eigenvalue weighted by Crippen LogP contribution is -2.37. The Balaban J connectivity index is 1.68. The van der Waals surface area contributed by atoms with Crippen LogP contribution in [0.4, 0.5) is 0 Å². The van der Waals surface area contributed by atoms with Crippen molar-refractivity contribution in [2.45, 2.75) is 19.4 Å². The normalized spacial score (nSPS) is 19.8. The van der Waals surface area contributed by atoms with Gasteiger partial charge in [-0.15, -0.1) is 0 Å². The maximum Gasteiger partial charge on any atom is 0.241 e. The van der Waals surface area contributed by atoms with Crippen LogP contribution in [0.15, 0.2) is 33.3 Å². The summed E-state index contributed by atoms with van der Waals surface area (Å²) in [6.45, 7) is 3.55. The Morgan fingerprint density at radius 3 is 3.14 bits per heavy atom. The van der Waals surface area contributed by atoms with Crippen molar-refractivity contribution in [1.29, 1.82) is 0 Å². The molecule has 2 aromatic rings. The molecule has 3 rings (SSSR count). The first-order valence-electron chi connectivity index (χ1n) is 7.25. The Morgan fingerprint density at radius 2 is 2.33 bits per heavy atom. The fraction of sp³-hybridized carbons (Fsp3) is 0.467. The predicted molar refractivity (Wildman–Crippen MR) is 84.5 cm³/mol. The minimum atomic E-state index is 0.589. The van der Waals surface area contributed by atoms with E-state index in [0.717, 1.165) is 29.7 Å². The number of piperidine rings is 1. The number of halogens is 1. The molecule has 0 saturated carbocycles. The van der Waals surface area contributed by atoms with Gasteiger partial charge in [0.15, 0.2) is 0 Å². The number of aromatic nitrogens is 2. The molecule has 1 aliphatic heterocycles. The smallest absolute Gasteiger partial charge is 0.241 e. The fourth-order valence-electron chi connectivity index (χ4n) is 2.74. The quantitative estimate of drug-likeness (QED) is 0.917. The second kappa shape index (κ2) is 6.68. The number of likely N-dealkylation sites (tertiary alicyclic amines) is 1. The molecule has 0 radical (unpaired) electrons. The SMILES string of the molecule is NCC1CCCN(Cc2nc(-c3cccc(Br)c3)no2)C1. The number of hydrogen-bond acceptors (Lipinski definition) is 5. The molecule has 5 nitrogen and oxygen atoms in total. The zero-order valence-corrected chi connectivity index (χ0v) is 13.4. The Bertz CT molecular complexity index is 601. The standard InChI is InChI=1S/C15H19BrN4O/c16-13-5-1-4-12(7-13)15-18-14(21-19-15)10-20-6-2-3-11(8-17)9-20/h1,4-5,7,11H,2-3,6,8-10,17H2. The van der Waals surface area contributed by atoms with Gasteiger partial charge in [-0.25, -0.2) is 0 Å². The molecule has 0 spiro atoms. The van der Waals surface area contributed by atoms with Gasteiger partial charge < -0.3 is 10.3 Å². The highest BCUT2D eigenvalue weighted by molar-refractivity contribution is 9.10. The summed E-state index contributed by atoms with van der Waals surface area (Å²) in [6.07, 6.45) is 2.41. The van der Waals surface area contributed by atoms with Crippen LogP contribution in [-0.2, 0) is 6.54 Å². The number of benzene rings is 1. The Hall–Kier alpha value is -1.24. The van der Waals surface area contributed by atoms with Crippen LogP contribution in [0.25, 0.3) is 11.4 Å². The van der Waals surface area contributed by atoms with E-state index in [4.69, 9.17) is 10.3 Å². The van der Waals surface area contributed by atoms with Crippen LogP contribution < -0.4 is 5.73 Å². The first-order valence-corrected chi connectivity index (χ1v) is 8.05. The molecule has 1 unspecified atom stereocenters. The zero-order chi connectivity index (χ0) is 14.7. The second-order valence-corrected chi connectivity index (χ2v) is 6.42. The minimum absolute atomic E-state index is 0.589. The molecule has 1 aromatic heterocycles. The van der Waals surface area contributed by atoms with Crippen molar-refractivity contribution in [1.82, 2.24) is 15.0 Å². The maximum atomic E-state index is 5.77. The van der Waals surface area contributed by atoms with Crippen molar-refractivity contribution >= 4 is 15.9 Å². The predicted octanol–water partition coefficient (Wildman–Crippen LogP) is 2.67. The maximum absolute atomic E-state index is 5.77. The average molecular weight is 351 g/mol. The number of nitrogens with two attached hydrogens (primary N) is 1. The van der Waals surface area contributed by atoms with Crippen LogP contribution in [0, 0.1) is 5.92 Å². The van der Waals surface area contributed by atoms with Gasteiger partial charge in [-0.05, 0) is 44.0 Å². The van der Waals surface area contributed by atoms with Gasteiger partial charge in [0, 0.05) is 16.6 Å². The Kier molecular flexibility index (Phi) is 4.67. The van der Waals surface area contributed by atoms with Crippen LogP contribution in [0.5, 0.6) is 0 Å². The number of nitrogens with zero attached hydrogens (tertiary/aromatic N) is 3. The van der Waals surface area contributed by atoms with Crippen molar-refractivity contribution < 1.29 is 4.52 Å². The van der Waals surface area contributed by atoms with Crippen LogP contribution >= 0.6 is 15.9 Å². The fourth-order valence-corrected chi connectivity index (χ4v) is 3.14. The third kappa shape index (κ3) is 3.70. The molecule has 0 bridgehead atoms. The Labute approximate surface area is 132 Å². The lowest BCUT2D eigenvalue weighted by molar-refractivity contribution is 0.153. The molecule has 1 atom stereocenters. The van der Waals surface area contributed by atoms with Crippen LogP contribution in [0.1, 0.15) is 18.7 Å². The van der Waals surface area contributed by atoms with E-state index in [1.54, 1.807) is 0 Å². The van der Waals surface area contributed by atoms with Crippen molar-refractivity contribution in [3.8, 4) is 11.4 Å². The summed E-state index contributed by atoms with van der Waals surface area (Å²) in [4.78, 5) is 6.84. The molecule has 0 amide bonds. The summed E-state index contributed by atoms with van der Waals surface area (Å²) < 4.78 is 6.39. The summed E-state index contributed by atoms with van der Waals surface area (Å²) >= 11 is 3.45. The second-order valence-electron chi connectivity index (χ2n) is 5.50. The van der Waals surface area contributed by atoms with Crippen molar-refractivity contribution in [2.24, 2.45) is 11.7 Å². The van der Waals surface area contributed by atoms with E-state index in [1.807, 2.05) is 24.3 Å². The van der Waals surface area contributed by atoms with Gasteiger partial charge in [0.2, 0.25) is 11.7 Å². The van der Waals surface area contributed by atoms with Gasteiger partial charge in [0.05, 0.1) is 6.54 Å². The lowest BCUT2D eigenvalue weighted by Gasteiger charge is -2.30. The van der Waals surface area contributed by atoms with E-state index in [9.17, 15) is 0 Å². The molecule has 1 aliphatic rings. The first-order chi connectivity index (χ1) is 10.2. The molecule has 21 heavy (non-hydrogen) atoms. The largest absolute Gasteiger partial charge is 0.338 e. The molecule has 2 heterocycles. The van der Waals surface area contributed by atoms with E-state index in [0.29, 0.717) is 24.2 Å². The summed E-state index contributed by atoms with van der Waals surface area (Å²) in [5.74, 6) is 1.90. The number of hydrogen-bond donors (Lipinski definition) is 1. The van der Waals surface area contributed by atoms with E-state index in [2.05, 4.69) is 31.0 Å². The van der Waals surface area contributed by atoms with E-state index < -0.39 is 0 Å². The van der Waals surface area contributed by atoms with Gasteiger partial charge >= 0.3 is 0 Å². The summed E-state index contributed by atoms with van der Waals surface area (Å²) in [6, 6.07) is 7.90. The first kappa shape index (κ1) is 14.7. The molecule has 6 heteroatoms. The Morgan fingerprint density at radius 1 is 1.43 bits per heavy atom. The molecule has 112 valence electrons. The van der Waals surface area contributed by atoms with E-state index in [1.165, 1.54) is 12.8 Å². The van der Waals surface area contributed by atoms with Crippen LogP contribution in [0.3, 0.4) is 0 Å².